The van der Waals surface area contributed by atoms with Gasteiger partial charge < -0.3 is 4.74 Å². The van der Waals surface area contributed by atoms with E-state index >= 15 is 0 Å². The summed E-state index contributed by atoms with van der Waals surface area (Å²) in [6.07, 6.45) is 0.0800. The molecule has 0 heterocycles. The van der Waals surface area contributed by atoms with Crippen LogP contribution in [0.1, 0.15) is 18.9 Å². The summed E-state index contributed by atoms with van der Waals surface area (Å²) in [7, 11) is 0. The minimum Gasteiger partial charge on any atom is -0.465 e. The van der Waals surface area contributed by atoms with Crippen LogP contribution in [-0.2, 0) is 9.53 Å². The maximum absolute atomic E-state index is 11.0. The molecule has 0 N–H and O–H groups in total. The fraction of sp³-hybridized carbons (Fsp3) is 0.250. The number of hydrogen-bond donors (Lipinski definition) is 0. The summed E-state index contributed by atoms with van der Waals surface area (Å²) in [5, 5.41) is 0.569. The van der Waals surface area contributed by atoms with E-state index in [0.29, 0.717) is 17.2 Å². The van der Waals surface area contributed by atoms with Gasteiger partial charge in [0.15, 0.2) is 0 Å². The molecular weight excluding hydrogens is 291 g/mol. The van der Waals surface area contributed by atoms with E-state index in [0.717, 1.165) is 4.47 Å². The molecule has 2 nitrogen and oxygen atoms in total. The highest BCUT2D eigenvalue weighted by Crippen LogP contribution is 2.19. The molecule has 84 valence electrons. The van der Waals surface area contributed by atoms with Crippen LogP contribution >= 0.6 is 27.5 Å². The molecule has 0 amide bonds. The third-order valence-electron chi connectivity index (χ3n) is 1.69. The number of carbonyl (C=O) groups is 1. The van der Waals surface area contributed by atoms with Crippen LogP contribution < -0.4 is 0 Å². The van der Waals surface area contributed by atoms with Crippen LogP contribution in [0, 0.1) is 11.8 Å². The van der Waals surface area contributed by atoms with Crippen molar-refractivity contribution in [3.63, 3.8) is 0 Å². The standard InChI is InChI=1S/C12H10BrClO2/c1-2-16-12(15)5-3-4-9-8-10(13)6-7-11(9)14/h6-8H,2,5H2,1H3. The van der Waals surface area contributed by atoms with Crippen LogP contribution in [0.3, 0.4) is 0 Å². The van der Waals surface area contributed by atoms with Crippen molar-refractivity contribution < 1.29 is 9.53 Å². The SMILES string of the molecule is CCOC(=O)CC#Cc1cc(Br)ccc1Cl. The zero-order chi connectivity index (χ0) is 12.0. The lowest BCUT2D eigenvalue weighted by molar-refractivity contribution is -0.141. The first-order valence-corrected chi connectivity index (χ1v) is 5.90. The Morgan fingerprint density at radius 2 is 2.31 bits per heavy atom. The molecular formula is C12H10BrClO2. The summed E-state index contributed by atoms with van der Waals surface area (Å²) in [4.78, 5) is 11.0. The Bertz CT molecular complexity index is 446. The van der Waals surface area contributed by atoms with Crippen LogP contribution in [0.4, 0.5) is 0 Å². The van der Waals surface area contributed by atoms with Gasteiger partial charge in [0.05, 0.1) is 11.6 Å². The van der Waals surface area contributed by atoms with E-state index in [4.69, 9.17) is 16.3 Å². The molecule has 0 radical (unpaired) electrons. The van der Waals surface area contributed by atoms with Gasteiger partial charge in [0.2, 0.25) is 0 Å². The summed E-state index contributed by atoms with van der Waals surface area (Å²) in [5.41, 5.74) is 0.695. The van der Waals surface area contributed by atoms with Gasteiger partial charge in [-0.3, -0.25) is 4.79 Å². The Kier molecular flexibility index (Phi) is 5.37. The molecule has 0 saturated carbocycles. The largest absolute Gasteiger partial charge is 0.465 e. The van der Waals surface area contributed by atoms with Crippen LogP contribution in [-0.4, -0.2) is 12.6 Å². The maximum Gasteiger partial charge on any atom is 0.317 e. The molecule has 0 atom stereocenters. The van der Waals surface area contributed by atoms with Gasteiger partial charge in [0.1, 0.15) is 6.42 Å². The number of rotatable bonds is 2. The highest BCUT2D eigenvalue weighted by molar-refractivity contribution is 9.10. The molecule has 0 bridgehead atoms. The molecule has 1 rings (SSSR count). The van der Waals surface area contributed by atoms with Crippen molar-refractivity contribution in [2.24, 2.45) is 0 Å². The third kappa shape index (κ3) is 4.26. The summed E-state index contributed by atoms with van der Waals surface area (Å²) in [6, 6.07) is 5.39. The van der Waals surface area contributed by atoms with E-state index in [1.807, 2.05) is 6.07 Å². The van der Waals surface area contributed by atoms with Gasteiger partial charge in [0, 0.05) is 10.0 Å². The molecule has 0 spiro atoms. The van der Waals surface area contributed by atoms with Crippen molar-refractivity contribution in [1.82, 2.24) is 0 Å². The lowest BCUT2D eigenvalue weighted by Gasteiger charge is -1.97. The van der Waals surface area contributed by atoms with E-state index in [1.165, 1.54) is 0 Å². The number of ether oxygens (including phenoxy) is 1. The Balaban J connectivity index is 2.69. The van der Waals surface area contributed by atoms with Crippen molar-refractivity contribution in [2.45, 2.75) is 13.3 Å². The number of benzene rings is 1. The molecule has 0 unspecified atom stereocenters. The van der Waals surface area contributed by atoms with Gasteiger partial charge in [-0.2, -0.15) is 0 Å². The van der Waals surface area contributed by atoms with Crippen molar-refractivity contribution >= 4 is 33.5 Å². The summed E-state index contributed by atoms with van der Waals surface area (Å²) < 4.78 is 5.65. The van der Waals surface area contributed by atoms with E-state index in [1.54, 1.807) is 19.1 Å². The van der Waals surface area contributed by atoms with Gasteiger partial charge in [0.25, 0.3) is 0 Å². The van der Waals surface area contributed by atoms with E-state index in [9.17, 15) is 4.79 Å². The second-order valence-corrected chi connectivity index (χ2v) is 4.23. The lowest BCUT2D eigenvalue weighted by atomic mass is 10.2. The van der Waals surface area contributed by atoms with E-state index in [-0.39, 0.29) is 12.4 Å². The summed E-state index contributed by atoms with van der Waals surface area (Å²) >= 11 is 9.26. The molecule has 0 aliphatic carbocycles. The molecule has 0 aliphatic heterocycles. The number of hydrogen-bond acceptors (Lipinski definition) is 2. The van der Waals surface area contributed by atoms with Crippen molar-refractivity contribution in [1.29, 1.82) is 0 Å². The third-order valence-corrected chi connectivity index (χ3v) is 2.51. The lowest BCUT2D eigenvalue weighted by Crippen LogP contribution is -2.01. The Hall–Kier alpha value is -0.980. The van der Waals surface area contributed by atoms with Gasteiger partial charge in [-0.05, 0) is 25.1 Å². The predicted molar refractivity (Wildman–Crippen MR) is 67.3 cm³/mol. The number of halogens is 2. The van der Waals surface area contributed by atoms with Crippen molar-refractivity contribution in [2.75, 3.05) is 6.61 Å². The molecule has 0 fully saturated rings. The Labute approximate surface area is 108 Å². The fourth-order valence-electron chi connectivity index (χ4n) is 1.02. The molecule has 16 heavy (non-hydrogen) atoms. The molecule has 0 aromatic heterocycles. The minimum absolute atomic E-state index is 0.0800. The first-order chi connectivity index (χ1) is 7.63. The average molecular weight is 302 g/mol. The summed E-state index contributed by atoms with van der Waals surface area (Å²) in [5.74, 6) is 5.24. The van der Waals surface area contributed by atoms with Crippen LogP contribution in [0.5, 0.6) is 0 Å². The smallest absolute Gasteiger partial charge is 0.317 e. The topological polar surface area (TPSA) is 26.3 Å². The fourth-order valence-corrected chi connectivity index (χ4v) is 1.54. The Morgan fingerprint density at radius 3 is 3.00 bits per heavy atom. The molecule has 1 aromatic carbocycles. The first kappa shape index (κ1) is 13.1. The highest BCUT2D eigenvalue weighted by Gasteiger charge is 1.99. The summed E-state index contributed by atoms with van der Waals surface area (Å²) in [6.45, 7) is 2.13. The quantitative estimate of drug-likeness (QED) is 0.618. The number of esters is 1. The maximum atomic E-state index is 11.0. The Morgan fingerprint density at radius 1 is 1.56 bits per heavy atom. The molecule has 0 aliphatic rings. The normalized spacial score (nSPS) is 9.19. The average Bonchev–Trinajstić information content (AvgIpc) is 2.23. The van der Waals surface area contributed by atoms with Gasteiger partial charge >= 0.3 is 5.97 Å². The predicted octanol–water partition coefficient (Wildman–Crippen LogP) is 3.41. The van der Waals surface area contributed by atoms with Gasteiger partial charge in [-0.15, -0.1) is 0 Å². The van der Waals surface area contributed by atoms with Crippen LogP contribution in [0.2, 0.25) is 5.02 Å². The molecule has 1 aromatic rings. The second kappa shape index (κ2) is 6.57. The zero-order valence-corrected chi connectivity index (χ0v) is 11.1. The van der Waals surface area contributed by atoms with E-state index < -0.39 is 0 Å². The van der Waals surface area contributed by atoms with Gasteiger partial charge in [-0.25, -0.2) is 0 Å². The number of carbonyl (C=O) groups excluding carboxylic acids is 1. The second-order valence-electron chi connectivity index (χ2n) is 2.91. The molecule has 4 heteroatoms. The monoisotopic (exact) mass is 300 g/mol. The minimum atomic E-state index is -0.318. The first-order valence-electron chi connectivity index (χ1n) is 4.73. The van der Waals surface area contributed by atoms with Crippen LogP contribution in [0.25, 0.3) is 0 Å². The van der Waals surface area contributed by atoms with Crippen molar-refractivity contribution in [3.8, 4) is 11.8 Å². The zero-order valence-electron chi connectivity index (χ0n) is 8.72. The molecule has 0 saturated heterocycles. The van der Waals surface area contributed by atoms with E-state index in [2.05, 4.69) is 27.8 Å². The van der Waals surface area contributed by atoms with Crippen LogP contribution in [0.15, 0.2) is 22.7 Å². The highest BCUT2D eigenvalue weighted by atomic mass is 79.9. The van der Waals surface area contributed by atoms with Crippen molar-refractivity contribution in [3.05, 3.63) is 33.3 Å². The van der Waals surface area contributed by atoms with Gasteiger partial charge in [-0.1, -0.05) is 39.4 Å².